The van der Waals surface area contributed by atoms with Crippen molar-refractivity contribution >= 4 is 5.91 Å². The van der Waals surface area contributed by atoms with Crippen LogP contribution in [-0.2, 0) is 0 Å². The van der Waals surface area contributed by atoms with E-state index < -0.39 is 0 Å². The Morgan fingerprint density at radius 1 is 1.35 bits per heavy atom. The molecule has 1 aliphatic rings. The predicted octanol–water partition coefficient (Wildman–Crippen LogP) is 1.47. The van der Waals surface area contributed by atoms with E-state index in [-0.39, 0.29) is 18.6 Å². The lowest BCUT2D eigenvalue weighted by atomic mass is 10.1. The molecule has 1 N–H and O–H groups in total. The number of nitrogens with zero attached hydrogens (tertiary/aromatic N) is 3. The van der Waals surface area contributed by atoms with Gasteiger partial charge in [-0.05, 0) is 43.2 Å². The van der Waals surface area contributed by atoms with Gasteiger partial charge in [-0.3, -0.25) is 4.79 Å². The summed E-state index contributed by atoms with van der Waals surface area (Å²) in [4.78, 5) is 14.2. The lowest BCUT2D eigenvalue weighted by molar-refractivity contribution is 0.0677. The zero-order chi connectivity index (χ0) is 13.9. The van der Waals surface area contributed by atoms with Crippen molar-refractivity contribution in [1.29, 1.82) is 0 Å². The number of aromatic nitrogens is 2. The SMILES string of the molecule is O=C(c1ccc(-n2cccn2)cc1)N1CCCC1CO. The Hall–Kier alpha value is -2.14. The quantitative estimate of drug-likeness (QED) is 0.919. The summed E-state index contributed by atoms with van der Waals surface area (Å²) in [5.74, 6) is -0.00596. The molecular formula is C15H17N3O2. The smallest absolute Gasteiger partial charge is 0.254 e. The number of aliphatic hydroxyl groups is 1. The van der Waals surface area contributed by atoms with Crippen LogP contribution in [0.1, 0.15) is 23.2 Å². The van der Waals surface area contributed by atoms with Crippen molar-refractivity contribution in [2.45, 2.75) is 18.9 Å². The maximum atomic E-state index is 12.4. The molecule has 1 unspecified atom stereocenters. The number of likely N-dealkylation sites (tertiary alicyclic amines) is 1. The van der Waals surface area contributed by atoms with E-state index in [4.69, 9.17) is 0 Å². The van der Waals surface area contributed by atoms with E-state index in [1.807, 2.05) is 36.5 Å². The normalized spacial score (nSPS) is 18.4. The second-order valence-electron chi connectivity index (χ2n) is 4.97. The van der Waals surface area contributed by atoms with Gasteiger partial charge in [0.05, 0.1) is 18.3 Å². The molecule has 0 aliphatic carbocycles. The molecule has 1 aromatic heterocycles. The average Bonchev–Trinajstić information content (AvgIpc) is 3.17. The van der Waals surface area contributed by atoms with Gasteiger partial charge in [-0.2, -0.15) is 5.10 Å². The van der Waals surface area contributed by atoms with Crippen LogP contribution in [0.3, 0.4) is 0 Å². The molecule has 1 atom stereocenters. The van der Waals surface area contributed by atoms with Gasteiger partial charge in [-0.1, -0.05) is 0 Å². The Bertz CT molecular complexity index is 578. The first-order valence-corrected chi connectivity index (χ1v) is 6.81. The number of hydrogen-bond acceptors (Lipinski definition) is 3. The van der Waals surface area contributed by atoms with Crippen molar-refractivity contribution < 1.29 is 9.90 Å². The first-order chi connectivity index (χ1) is 9.79. The summed E-state index contributed by atoms with van der Waals surface area (Å²) in [6.45, 7) is 0.766. The number of rotatable bonds is 3. The van der Waals surface area contributed by atoms with Crippen LogP contribution >= 0.6 is 0 Å². The van der Waals surface area contributed by atoms with Crippen molar-refractivity contribution in [2.75, 3.05) is 13.2 Å². The molecule has 0 radical (unpaired) electrons. The fourth-order valence-corrected chi connectivity index (χ4v) is 2.64. The summed E-state index contributed by atoms with van der Waals surface area (Å²) in [7, 11) is 0. The van der Waals surface area contributed by atoms with E-state index in [1.165, 1.54) is 0 Å². The van der Waals surface area contributed by atoms with Crippen LogP contribution in [-0.4, -0.2) is 44.9 Å². The maximum Gasteiger partial charge on any atom is 0.254 e. The number of benzene rings is 1. The van der Waals surface area contributed by atoms with Gasteiger partial charge in [-0.15, -0.1) is 0 Å². The maximum absolute atomic E-state index is 12.4. The van der Waals surface area contributed by atoms with E-state index in [0.29, 0.717) is 5.56 Å². The summed E-state index contributed by atoms with van der Waals surface area (Å²) < 4.78 is 1.75. The largest absolute Gasteiger partial charge is 0.394 e. The van der Waals surface area contributed by atoms with Crippen molar-refractivity contribution in [3.05, 3.63) is 48.3 Å². The third-order valence-corrected chi connectivity index (χ3v) is 3.73. The van der Waals surface area contributed by atoms with Crippen molar-refractivity contribution in [1.82, 2.24) is 14.7 Å². The van der Waals surface area contributed by atoms with Gasteiger partial charge < -0.3 is 10.0 Å². The Kier molecular flexibility index (Phi) is 3.52. The monoisotopic (exact) mass is 271 g/mol. The molecule has 2 heterocycles. The van der Waals surface area contributed by atoms with Crippen LogP contribution in [0.4, 0.5) is 0 Å². The van der Waals surface area contributed by atoms with Gasteiger partial charge in [0.1, 0.15) is 0 Å². The van der Waals surface area contributed by atoms with Crippen LogP contribution in [0.2, 0.25) is 0 Å². The highest BCUT2D eigenvalue weighted by Crippen LogP contribution is 2.20. The third-order valence-electron chi connectivity index (χ3n) is 3.73. The molecule has 20 heavy (non-hydrogen) atoms. The molecule has 1 amide bonds. The Morgan fingerprint density at radius 3 is 2.80 bits per heavy atom. The van der Waals surface area contributed by atoms with E-state index in [0.717, 1.165) is 25.1 Å². The van der Waals surface area contributed by atoms with Gasteiger partial charge in [-0.25, -0.2) is 4.68 Å². The van der Waals surface area contributed by atoms with E-state index in [9.17, 15) is 9.90 Å². The number of hydrogen-bond donors (Lipinski definition) is 1. The molecule has 3 rings (SSSR count). The second-order valence-corrected chi connectivity index (χ2v) is 4.97. The summed E-state index contributed by atoms with van der Waals surface area (Å²) in [6, 6.07) is 9.20. The van der Waals surface area contributed by atoms with Crippen LogP contribution in [0.5, 0.6) is 0 Å². The van der Waals surface area contributed by atoms with E-state index in [1.54, 1.807) is 15.8 Å². The molecule has 1 fully saturated rings. The fraction of sp³-hybridized carbons (Fsp3) is 0.333. The lowest BCUT2D eigenvalue weighted by Gasteiger charge is -2.23. The zero-order valence-corrected chi connectivity index (χ0v) is 11.1. The fourth-order valence-electron chi connectivity index (χ4n) is 2.64. The van der Waals surface area contributed by atoms with Crippen molar-refractivity contribution in [3.63, 3.8) is 0 Å². The zero-order valence-electron chi connectivity index (χ0n) is 11.1. The van der Waals surface area contributed by atoms with Gasteiger partial charge in [0.2, 0.25) is 0 Å². The van der Waals surface area contributed by atoms with Gasteiger partial charge in [0.25, 0.3) is 5.91 Å². The summed E-state index contributed by atoms with van der Waals surface area (Å²) in [5, 5.41) is 13.4. The van der Waals surface area contributed by atoms with Gasteiger partial charge >= 0.3 is 0 Å². The number of amides is 1. The summed E-state index contributed by atoms with van der Waals surface area (Å²) in [5.41, 5.74) is 1.58. The van der Waals surface area contributed by atoms with Gasteiger partial charge in [0, 0.05) is 24.5 Å². The molecule has 0 saturated carbocycles. The minimum absolute atomic E-state index is 0.00596. The molecule has 1 saturated heterocycles. The van der Waals surface area contributed by atoms with E-state index in [2.05, 4.69) is 5.10 Å². The molecule has 5 nitrogen and oxygen atoms in total. The lowest BCUT2D eigenvalue weighted by Crippen LogP contribution is -2.37. The highest BCUT2D eigenvalue weighted by atomic mass is 16.3. The van der Waals surface area contributed by atoms with Gasteiger partial charge in [0.15, 0.2) is 0 Å². The first-order valence-electron chi connectivity index (χ1n) is 6.81. The molecule has 0 bridgehead atoms. The van der Waals surface area contributed by atoms with E-state index >= 15 is 0 Å². The molecule has 1 aromatic carbocycles. The van der Waals surface area contributed by atoms with Crippen LogP contribution in [0.25, 0.3) is 5.69 Å². The molecule has 104 valence electrons. The molecule has 2 aromatic rings. The van der Waals surface area contributed by atoms with Crippen LogP contribution < -0.4 is 0 Å². The van der Waals surface area contributed by atoms with Crippen LogP contribution in [0.15, 0.2) is 42.7 Å². The molecule has 1 aliphatic heterocycles. The number of carbonyl (C=O) groups is 1. The standard InChI is InChI=1S/C15H17N3O2/c19-11-14-3-1-9-17(14)15(20)12-4-6-13(7-5-12)18-10-2-8-16-18/h2,4-8,10,14,19H,1,3,9,11H2. The first kappa shape index (κ1) is 12.9. The topological polar surface area (TPSA) is 58.4 Å². The minimum atomic E-state index is -0.0340. The second kappa shape index (κ2) is 5.46. The Morgan fingerprint density at radius 2 is 2.15 bits per heavy atom. The average molecular weight is 271 g/mol. The molecule has 5 heteroatoms. The number of aliphatic hydroxyl groups excluding tert-OH is 1. The molecular weight excluding hydrogens is 254 g/mol. The Balaban J connectivity index is 1.79. The molecule has 0 spiro atoms. The summed E-state index contributed by atoms with van der Waals surface area (Å²) in [6.07, 6.45) is 5.42. The third kappa shape index (κ3) is 2.32. The number of carbonyl (C=O) groups excluding carboxylic acids is 1. The minimum Gasteiger partial charge on any atom is -0.394 e. The van der Waals surface area contributed by atoms with Crippen molar-refractivity contribution in [3.8, 4) is 5.69 Å². The van der Waals surface area contributed by atoms with Crippen LogP contribution in [0, 0.1) is 0 Å². The highest BCUT2D eigenvalue weighted by molar-refractivity contribution is 5.94. The van der Waals surface area contributed by atoms with Crippen molar-refractivity contribution in [2.24, 2.45) is 0 Å². The summed E-state index contributed by atoms with van der Waals surface area (Å²) >= 11 is 0. The highest BCUT2D eigenvalue weighted by Gasteiger charge is 2.28. The predicted molar refractivity (Wildman–Crippen MR) is 74.7 cm³/mol. The Labute approximate surface area is 117 Å².